The van der Waals surface area contributed by atoms with Gasteiger partial charge in [-0.2, -0.15) is 0 Å². The lowest BCUT2D eigenvalue weighted by molar-refractivity contribution is 0.168. The minimum Gasteiger partial charge on any atom is -0.486 e. The Hall–Kier alpha value is -3.42. The average Bonchev–Trinajstić information content (AvgIpc) is 3.49. The first-order valence-corrected chi connectivity index (χ1v) is 12.5. The van der Waals surface area contributed by atoms with Gasteiger partial charge in [-0.1, -0.05) is 48.0 Å². The molecule has 0 amide bonds. The van der Waals surface area contributed by atoms with Crippen LogP contribution in [-0.2, 0) is 6.67 Å². The van der Waals surface area contributed by atoms with Gasteiger partial charge in [0.2, 0.25) is 4.77 Å². The Bertz CT molecular complexity index is 1410. The molecule has 4 aromatic rings. The van der Waals surface area contributed by atoms with Gasteiger partial charge in [0.25, 0.3) is 0 Å². The first kappa shape index (κ1) is 22.1. The standard InChI is InChI=1S/C28H28N4O2S/c1-20-7-5-8-22(17-20)27-29-31(28(35)32(27)23-9-3-2-4-10-23)19-30-14-6-11-24(30)21-12-13-25-26(18-21)34-16-15-33-25/h2-5,7-10,12-13,17-18,24H,6,11,14-16,19H2,1H3/t24-/m1/s1. The van der Waals surface area contributed by atoms with Gasteiger partial charge in [-0.3, -0.25) is 9.47 Å². The van der Waals surface area contributed by atoms with Crippen LogP contribution < -0.4 is 9.47 Å². The second-order valence-corrected chi connectivity index (χ2v) is 9.53. The molecule has 3 aromatic carbocycles. The van der Waals surface area contributed by atoms with Crippen LogP contribution in [0.15, 0.2) is 72.8 Å². The van der Waals surface area contributed by atoms with Crippen LogP contribution in [0.3, 0.4) is 0 Å². The zero-order valence-electron chi connectivity index (χ0n) is 19.8. The van der Waals surface area contributed by atoms with Gasteiger partial charge in [0, 0.05) is 23.8 Å². The maximum atomic E-state index is 6.00. The highest BCUT2D eigenvalue weighted by atomic mass is 32.1. The molecule has 3 heterocycles. The number of benzene rings is 3. The molecule has 0 N–H and O–H groups in total. The summed E-state index contributed by atoms with van der Waals surface area (Å²) in [5, 5.41) is 5.05. The smallest absolute Gasteiger partial charge is 0.204 e. The minimum absolute atomic E-state index is 0.289. The summed E-state index contributed by atoms with van der Waals surface area (Å²) in [5.74, 6) is 2.53. The SMILES string of the molecule is Cc1cccc(-c2nn(CN3CCC[C@@H]3c3ccc4c(c3)OCCO4)c(=S)n2-c2ccccc2)c1. The van der Waals surface area contributed by atoms with E-state index in [1.165, 1.54) is 11.1 Å². The van der Waals surface area contributed by atoms with Crippen molar-refractivity contribution in [3.63, 3.8) is 0 Å². The molecule has 178 valence electrons. The molecule has 7 heteroatoms. The van der Waals surface area contributed by atoms with Crippen molar-refractivity contribution in [1.29, 1.82) is 0 Å². The Labute approximate surface area is 210 Å². The fraction of sp³-hybridized carbons (Fsp3) is 0.286. The van der Waals surface area contributed by atoms with E-state index in [1.54, 1.807) is 0 Å². The molecule has 1 saturated heterocycles. The van der Waals surface area contributed by atoms with Crippen LogP contribution in [0, 0.1) is 11.7 Å². The topological polar surface area (TPSA) is 44.5 Å². The predicted octanol–water partition coefficient (Wildman–Crippen LogP) is 5.94. The molecular formula is C28H28N4O2S. The number of para-hydroxylation sites is 1. The highest BCUT2D eigenvalue weighted by molar-refractivity contribution is 7.71. The van der Waals surface area contributed by atoms with Gasteiger partial charge in [0.15, 0.2) is 17.3 Å². The normalized spacial score (nSPS) is 17.6. The fourth-order valence-corrected chi connectivity index (χ4v) is 5.38. The van der Waals surface area contributed by atoms with Crippen LogP contribution in [0.2, 0.25) is 0 Å². The van der Waals surface area contributed by atoms with Crippen molar-refractivity contribution in [1.82, 2.24) is 19.2 Å². The summed E-state index contributed by atoms with van der Waals surface area (Å²) in [7, 11) is 0. The summed E-state index contributed by atoms with van der Waals surface area (Å²) >= 11 is 6.00. The number of hydrogen-bond acceptors (Lipinski definition) is 5. The van der Waals surface area contributed by atoms with Crippen molar-refractivity contribution in [3.8, 4) is 28.6 Å². The molecule has 2 aliphatic rings. The summed E-state index contributed by atoms with van der Waals surface area (Å²) in [6.45, 7) is 4.94. The maximum absolute atomic E-state index is 6.00. The summed E-state index contributed by atoms with van der Waals surface area (Å²) in [6.07, 6.45) is 2.23. The molecule has 2 aliphatic heterocycles. The highest BCUT2D eigenvalue weighted by Crippen LogP contribution is 2.38. The lowest BCUT2D eigenvalue weighted by Crippen LogP contribution is -2.27. The zero-order valence-corrected chi connectivity index (χ0v) is 20.6. The Balaban J connectivity index is 1.36. The zero-order chi connectivity index (χ0) is 23.8. The van der Waals surface area contributed by atoms with E-state index in [0.717, 1.165) is 48.0 Å². The number of likely N-dealkylation sites (tertiary alicyclic amines) is 1. The Morgan fingerprint density at radius 2 is 1.77 bits per heavy atom. The Kier molecular flexibility index (Phi) is 5.88. The van der Waals surface area contributed by atoms with Crippen LogP contribution in [0.4, 0.5) is 0 Å². The van der Waals surface area contributed by atoms with Crippen molar-refractivity contribution in [2.24, 2.45) is 0 Å². The first-order valence-electron chi connectivity index (χ1n) is 12.1. The van der Waals surface area contributed by atoms with Crippen molar-refractivity contribution < 1.29 is 9.47 Å². The predicted molar refractivity (Wildman–Crippen MR) is 139 cm³/mol. The van der Waals surface area contributed by atoms with Crippen molar-refractivity contribution >= 4 is 12.2 Å². The second kappa shape index (κ2) is 9.32. The van der Waals surface area contributed by atoms with Gasteiger partial charge < -0.3 is 9.47 Å². The van der Waals surface area contributed by atoms with Gasteiger partial charge in [0.1, 0.15) is 13.2 Å². The quantitative estimate of drug-likeness (QED) is 0.328. The number of ether oxygens (including phenoxy) is 2. The molecular weight excluding hydrogens is 456 g/mol. The average molecular weight is 485 g/mol. The second-order valence-electron chi connectivity index (χ2n) is 9.16. The third kappa shape index (κ3) is 4.26. The lowest BCUT2D eigenvalue weighted by Gasteiger charge is -2.26. The van der Waals surface area contributed by atoms with Crippen LogP contribution in [0.1, 0.15) is 30.0 Å². The molecule has 6 rings (SSSR count). The lowest BCUT2D eigenvalue weighted by atomic mass is 10.0. The Morgan fingerprint density at radius 1 is 0.943 bits per heavy atom. The molecule has 0 bridgehead atoms. The van der Waals surface area contributed by atoms with E-state index in [0.29, 0.717) is 24.7 Å². The molecule has 0 aliphatic carbocycles. The summed E-state index contributed by atoms with van der Waals surface area (Å²) < 4.78 is 16.3. The monoisotopic (exact) mass is 484 g/mol. The van der Waals surface area contributed by atoms with E-state index >= 15 is 0 Å². The largest absolute Gasteiger partial charge is 0.486 e. The van der Waals surface area contributed by atoms with Crippen molar-refractivity contribution in [2.75, 3.05) is 19.8 Å². The maximum Gasteiger partial charge on any atom is 0.204 e. The highest BCUT2D eigenvalue weighted by Gasteiger charge is 2.28. The van der Waals surface area contributed by atoms with E-state index in [-0.39, 0.29) is 6.04 Å². The fourth-order valence-electron chi connectivity index (χ4n) is 5.09. The number of fused-ring (bicyclic) bond motifs is 1. The number of hydrogen-bond donors (Lipinski definition) is 0. The van der Waals surface area contributed by atoms with Gasteiger partial charge in [-0.25, -0.2) is 4.68 Å². The van der Waals surface area contributed by atoms with Crippen LogP contribution in [-0.4, -0.2) is 39.0 Å². The molecule has 35 heavy (non-hydrogen) atoms. The van der Waals surface area contributed by atoms with Crippen LogP contribution in [0.25, 0.3) is 17.1 Å². The van der Waals surface area contributed by atoms with Gasteiger partial charge >= 0.3 is 0 Å². The van der Waals surface area contributed by atoms with E-state index in [9.17, 15) is 0 Å². The third-order valence-electron chi connectivity index (χ3n) is 6.76. The number of aryl methyl sites for hydroxylation is 1. The van der Waals surface area contributed by atoms with E-state index in [1.807, 2.05) is 28.9 Å². The molecule has 0 spiro atoms. The molecule has 0 unspecified atom stereocenters. The van der Waals surface area contributed by atoms with E-state index in [4.69, 9.17) is 26.8 Å². The molecule has 0 saturated carbocycles. The van der Waals surface area contributed by atoms with Crippen LogP contribution >= 0.6 is 12.2 Å². The Morgan fingerprint density at radius 3 is 2.60 bits per heavy atom. The van der Waals surface area contributed by atoms with E-state index < -0.39 is 0 Å². The van der Waals surface area contributed by atoms with E-state index in [2.05, 4.69) is 64.9 Å². The van der Waals surface area contributed by atoms with Crippen molar-refractivity contribution in [2.45, 2.75) is 32.5 Å². The van der Waals surface area contributed by atoms with Crippen molar-refractivity contribution in [3.05, 3.63) is 88.7 Å². The summed E-state index contributed by atoms with van der Waals surface area (Å²) in [5.41, 5.74) is 4.52. The van der Waals surface area contributed by atoms with Crippen LogP contribution in [0.5, 0.6) is 11.5 Å². The van der Waals surface area contributed by atoms with Gasteiger partial charge in [-0.15, -0.1) is 5.10 Å². The van der Waals surface area contributed by atoms with Gasteiger partial charge in [0.05, 0.1) is 6.67 Å². The molecule has 1 fully saturated rings. The molecule has 6 nitrogen and oxygen atoms in total. The summed E-state index contributed by atoms with van der Waals surface area (Å²) in [6, 6.07) is 25.3. The number of rotatable bonds is 5. The summed E-state index contributed by atoms with van der Waals surface area (Å²) in [4.78, 5) is 2.46. The molecule has 1 atom stereocenters. The molecule has 0 radical (unpaired) electrons. The third-order valence-corrected chi connectivity index (χ3v) is 7.15. The number of aromatic nitrogens is 3. The first-order chi connectivity index (χ1) is 17.2. The molecule has 1 aromatic heterocycles. The van der Waals surface area contributed by atoms with Gasteiger partial charge in [-0.05, 0) is 67.9 Å². The minimum atomic E-state index is 0.289. The number of nitrogens with zero attached hydrogens (tertiary/aromatic N) is 4.